The summed E-state index contributed by atoms with van der Waals surface area (Å²) in [6.07, 6.45) is 0. The summed E-state index contributed by atoms with van der Waals surface area (Å²) in [6, 6.07) is 3.21. The number of hydrogen-bond donors (Lipinski definition) is 1. The van der Waals surface area contributed by atoms with Crippen LogP contribution in [0.4, 0.5) is 5.69 Å². The van der Waals surface area contributed by atoms with Gasteiger partial charge in [-0.25, -0.2) is 0 Å². The van der Waals surface area contributed by atoms with Crippen molar-refractivity contribution in [2.45, 2.75) is 6.92 Å². The molecule has 8 nitrogen and oxygen atoms in total. The van der Waals surface area contributed by atoms with Crippen LogP contribution >= 0.6 is 0 Å². The van der Waals surface area contributed by atoms with Crippen LogP contribution in [-0.4, -0.2) is 47.5 Å². The molecule has 1 N–H and O–H groups in total. The molecule has 1 amide bonds. The third-order valence-corrected chi connectivity index (χ3v) is 2.91. The van der Waals surface area contributed by atoms with Crippen LogP contribution in [0.5, 0.6) is 5.75 Å². The minimum Gasteiger partial charge on any atom is -0.508 e. The van der Waals surface area contributed by atoms with Crippen molar-refractivity contribution < 1.29 is 24.4 Å². The summed E-state index contributed by atoms with van der Waals surface area (Å²) >= 11 is 0. The molecule has 8 heteroatoms. The van der Waals surface area contributed by atoms with E-state index in [2.05, 4.69) is 4.74 Å². The number of nitro groups is 1. The molecule has 21 heavy (non-hydrogen) atoms. The zero-order chi connectivity index (χ0) is 16.2. The normalized spacial score (nSPS) is 11.6. The quantitative estimate of drug-likeness (QED) is 0.496. The van der Waals surface area contributed by atoms with E-state index in [0.717, 1.165) is 18.2 Å². The van der Waals surface area contributed by atoms with Crippen molar-refractivity contribution in [3.8, 4) is 5.75 Å². The lowest BCUT2D eigenvalue weighted by Gasteiger charge is -2.20. The van der Waals surface area contributed by atoms with E-state index in [1.165, 1.54) is 19.1 Å². The van der Waals surface area contributed by atoms with Crippen LogP contribution < -0.4 is 0 Å². The van der Waals surface area contributed by atoms with Gasteiger partial charge in [0.2, 0.25) is 0 Å². The third kappa shape index (κ3) is 3.91. The lowest BCUT2D eigenvalue weighted by atomic mass is 10.1. The Morgan fingerprint density at radius 3 is 2.62 bits per heavy atom. The van der Waals surface area contributed by atoms with Gasteiger partial charge in [0, 0.05) is 19.7 Å². The highest BCUT2D eigenvalue weighted by Crippen LogP contribution is 2.24. The fraction of sp³-hybridized carbons (Fsp3) is 0.385. The van der Waals surface area contributed by atoms with E-state index >= 15 is 0 Å². The molecule has 0 saturated carbocycles. The highest BCUT2D eigenvalue weighted by molar-refractivity contribution is 5.98. The maximum Gasteiger partial charge on any atom is 0.310 e. The number of nitrogens with zero attached hydrogens (tertiary/aromatic N) is 2. The van der Waals surface area contributed by atoms with E-state index < -0.39 is 28.4 Å². The Balaban J connectivity index is 3.00. The zero-order valence-corrected chi connectivity index (χ0v) is 11.9. The number of methoxy groups -OCH3 is 1. The first-order valence-corrected chi connectivity index (χ1v) is 6.08. The third-order valence-electron chi connectivity index (χ3n) is 2.91. The van der Waals surface area contributed by atoms with Crippen molar-refractivity contribution in [2.24, 2.45) is 5.92 Å². The van der Waals surface area contributed by atoms with Gasteiger partial charge in [0.25, 0.3) is 11.6 Å². The first kappa shape index (κ1) is 16.4. The van der Waals surface area contributed by atoms with E-state index in [4.69, 9.17) is 0 Å². The zero-order valence-electron chi connectivity index (χ0n) is 11.9. The second-order valence-electron chi connectivity index (χ2n) is 4.57. The molecule has 114 valence electrons. The second kappa shape index (κ2) is 6.69. The maximum absolute atomic E-state index is 12.2. The number of ether oxygens (including phenoxy) is 1. The molecule has 1 atom stereocenters. The minimum absolute atomic E-state index is 0.0400. The Hall–Kier alpha value is -2.64. The molecule has 0 bridgehead atoms. The van der Waals surface area contributed by atoms with Gasteiger partial charge in [-0.3, -0.25) is 19.7 Å². The number of rotatable bonds is 5. The summed E-state index contributed by atoms with van der Waals surface area (Å²) in [4.78, 5) is 34.9. The van der Waals surface area contributed by atoms with Crippen molar-refractivity contribution >= 4 is 17.6 Å². The van der Waals surface area contributed by atoms with Gasteiger partial charge in [0.1, 0.15) is 11.3 Å². The van der Waals surface area contributed by atoms with Crippen LogP contribution in [0.3, 0.4) is 0 Å². The van der Waals surface area contributed by atoms with Gasteiger partial charge in [-0.15, -0.1) is 0 Å². The molecule has 1 aromatic carbocycles. The topological polar surface area (TPSA) is 110 Å². The summed E-state index contributed by atoms with van der Waals surface area (Å²) in [5.41, 5.74) is -0.644. The Bertz CT molecular complexity index is 572. The van der Waals surface area contributed by atoms with Gasteiger partial charge in [-0.05, 0) is 12.1 Å². The van der Waals surface area contributed by atoms with Gasteiger partial charge >= 0.3 is 5.97 Å². The molecule has 1 aromatic rings. The fourth-order valence-corrected chi connectivity index (χ4v) is 1.83. The highest BCUT2D eigenvalue weighted by Gasteiger charge is 2.25. The van der Waals surface area contributed by atoms with Crippen molar-refractivity contribution in [3.05, 3.63) is 33.9 Å². The van der Waals surface area contributed by atoms with Crippen LogP contribution in [0.2, 0.25) is 0 Å². The van der Waals surface area contributed by atoms with Gasteiger partial charge in [0.05, 0.1) is 18.0 Å². The second-order valence-corrected chi connectivity index (χ2v) is 4.57. The number of amides is 1. The SMILES string of the molecule is COC(=O)C(C)CN(C)C(=O)c1cc(O)ccc1[N+](=O)[O-]. The van der Waals surface area contributed by atoms with Gasteiger partial charge < -0.3 is 14.7 Å². The van der Waals surface area contributed by atoms with Gasteiger partial charge in [0.15, 0.2) is 0 Å². The number of esters is 1. The first-order valence-electron chi connectivity index (χ1n) is 6.08. The fourth-order valence-electron chi connectivity index (χ4n) is 1.83. The number of carbonyl (C=O) groups is 2. The molecule has 1 rings (SSSR count). The van der Waals surface area contributed by atoms with Crippen LogP contribution in [0.1, 0.15) is 17.3 Å². The van der Waals surface area contributed by atoms with E-state index in [9.17, 15) is 24.8 Å². The molecule has 0 aliphatic carbocycles. The average molecular weight is 296 g/mol. The van der Waals surface area contributed by atoms with E-state index in [1.807, 2.05) is 0 Å². The van der Waals surface area contributed by atoms with Gasteiger partial charge in [-0.2, -0.15) is 0 Å². The summed E-state index contributed by atoms with van der Waals surface area (Å²) < 4.78 is 4.55. The number of phenols is 1. The van der Waals surface area contributed by atoms with E-state index in [0.29, 0.717) is 0 Å². The number of aromatic hydroxyl groups is 1. The largest absolute Gasteiger partial charge is 0.508 e. The molecule has 0 fully saturated rings. The molecule has 1 unspecified atom stereocenters. The van der Waals surface area contributed by atoms with Crippen LogP contribution in [0.15, 0.2) is 18.2 Å². The highest BCUT2D eigenvalue weighted by atomic mass is 16.6. The Morgan fingerprint density at radius 2 is 2.10 bits per heavy atom. The van der Waals surface area contributed by atoms with Crippen molar-refractivity contribution in [1.29, 1.82) is 0 Å². The van der Waals surface area contributed by atoms with Crippen LogP contribution in [0.25, 0.3) is 0 Å². The smallest absolute Gasteiger partial charge is 0.310 e. The Labute approximate surface area is 121 Å². The number of carbonyl (C=O) groups excluding carboxylic acids is 2. The van der Waals surface area contributed by atoms with Crippen molar-refractivity contribution in [1.82, 2.24) is 4.90 Å². The molecule has 0 spiro atoms. The Kier molecular flexibility index (Phi) is 5.23. The molecule has 0 saturated heterocycles. The number of hydrogen-bond acceptors (Lipinski definition) is 6. The minimum atomic E-state index is -0.704. The monoisotopic (exact) mass is 296 g/mol. The summed E-state index contributed by atoms with van der Waals surface area (Å²) in [5, 5.41) is 20.3. The molecule has 0 aromatic heterocycles. The maximum atomic E-state index is 12.2. The molecular formula is C13H16N2O6. The summed E-state index contributed by atoms with van der Waals surface area (Å²) in [5.74, 6) is -1.97. The Morgan fingerprint density at radius 1 is 1.48 bits per heavy atom. The first-order chi connectivity index (χ1) is 9.77. The summed E-state index contributed by atoms with van der Waals surface area (Å²) in [6.45, 7) is 1.62. The lowest BCUT2D eigenvalue weighted by Crippen LogP contribution is -2.34. The van der Waals surface area contributed by atoms with Crippen molar-refractivity contribution in [2.75, 3.05) is 20.7 Å². The number of phenolic OH excluding ortho intramolecular Hbond substituents is 1. The lowest BCUT2D eigenvalue weighted by molar-refractivity contribution is -0.385. The molecular weight excluding hydrogens is 280 g/mol. The standard InChI is InChI=1S/C13H16N2O6/c1-8(13(18)21-3)7-14(2)12(17)10-6-9(16)4-5-11(10)15(19)20/h4-6,8,16H,7H2,1-3H3. The number of benzene rings is 1. The summed E-state index contributed by atoms with van der Waals surface area (Å²) in [7, 11) is 2.65. The van der Waals surface area contributed by atoms with E-state index in [-0.39, 0.29) is 17.9 Å². The van der Waals surface area contributed by atoms with Crippen LogP contribution in [0, 0.1) is 16.0 Å². The van der Waals surface area contributed by atoms with Crippen LogP contribution in [-0.2, 0) is 9.53 Å². The molecule has 0 heterocycles. The predicted molar refractivity (Wildman–Crippen MR) is 72.9 cm³/mol. The average Bonchev–Trinajstić information content (AvgIpc) is 2.44. The number of nitro benzene ring substituents is 1. The molecule has 0 radical (unpaired) electrons. The van der Waals surface area contributed by atoms with Gasteiger partial charge in [-0.1, -0.05) is 6.92 Å². The predicted octanol–water partition coefficient (Wildman–Crippen LogP) is 1.18. The molecule has 0 aliphatic rings. The van der Waals surface area contributed by atoms with Crippen molar-refractivity contribution in [3.63, 3.8) is 0 Å². The van der Waals surface area contributed by atoms with E-state index in [1.54, 1.807) is 6.92 Å². The molecule has 0 aliphatic heterocycles.